The number of hydrogen-bond acceptors (Lipinski definition) is 7. The number of morpholine rings is 1. The molecular formula is C28H31N3O4S. The molecule has 0 bridgehead atoms. The Kier molecular flexibility index (Phi) is 8.64. The molecule has 0 spiro atoms. The second kappa shape index (κ2) is 12.1. The van der Waals surface area contributed by atoms with Gasteiger partial charge in [0.15, 0.2) is 0 Å². The van der Waals surface area contributed by atoms with Crippen molar-refractivity contribution in [1.82, 2.24) is 9.88 Å². The minimum Gasteiger partial charge on any atom is -0.497 e. The van der Waals surface area contributed by atoms with Crippen LogP contribution in [0.25, 0.3) is 4.91 Å². The van der Waals surface area contributed by atoms with Crippen LogP contribution in [-0.2, 0) is 11.3 Å². The first kappa shape index (κ1) is 25.8. The molecule has 0 aliphatic carbocycles. The van der Waals surface area contributed by atoms with Gasteiger partial charge < -0.3 is 19.5 Å². The smallest absolute Gasteiger partial charge is 0.255 e. The quantitative estimate of drug-likeness (QED) is 0.398. The van der Waals surface area contributed by atoms with Crippen LogP contribution in [0.4, 0.5) is 5.69 Å². The largest absolute Gasteiger partial charge is 0.497 e. The number of thioether (sulfide) groups is 1. The zero-order valence-electron chi connectivity index (χ0n) is 20.9. The molecule has 1 aliphatic heterocycles. The maximum absolute atomic E-state index is 13.1. The lowest BCUT2D eigenvalue weighted by atomic mass is 10.1. The van der Waals surface area contributed by atoms with Crippen molar-refractivity contribution in [3.05, 3.63) is 83.6 Å². The van der Waals surface area contributed by atoms with Gasteiger partial charge in [0, 0.05) is 53.6 Å². The third-order valence-electron chi connectivity index (χ3n) is 5.91. The third kappa shape index (κ3) is 6.46. The molecule has 1 saturated heterocycles. The van der Waals surface area contributed by atoms with Gasteiger partial charge in [-0.05, 0) is 36.2 Å². The van der Waals surface area contributed by atoms with Crippen LogP contribution < -0.4 is 14.8 Å². The molecule has 4 rings (SSSR count). The number of para-hydroxylation sites is 1. The number of aryl methyl sites for hydroxylation is 1. The maximum atomic E-state index is 13.1. The molecule has 1 N–H and O–H groups in total. The van der Waals surface area contributed by atoms with E-state index in [2.05, 4.69) is 29.8 Å². The predicted molar refractivity (Wildman–Crippen MR) is 144 cm³/mol. The number of carbonyl (C=O) groups excluding carboxylic acids is 1. The molecule has 36 heavy (non-hydrogen) atoms. The van der Waals surface area contributed by atoms with Crippen LogP contribution in [0.1, 0.15) is 27.0 Å². The van der Waals surface area contributed by atoms with Crippen molar-refractivity contribution in [2.45, 2.75) is 18.5 Å². The van der Waals surface area contributed by atoms with E-state index in [1.54, 1.807) is 32.4 Å². The molecular weight excluding hydrogens is 474 g/mol. The van der Waals surface area contributed by atoms with Gasteiger partial charge in [0.2, 0.25) is 0 Å². The van der Waals surface area contributed by atoms with Gasteiger partial charge in [0.1, 0.15) is 16.5 Å². The van der Waals surface area contributed by atoms with Crippen molar-refractivity contribution in [3.8, 4) is 11.5 Å². The molecule has 0 unspecified atom stereocenters. The highest BCUT2D eigenvalue weighted by Crippen LogP contribution is 2.37. The van der Waals surface area contributed by atoms with Crippen LogP contribution in [0.3, 0.4) is 0 Å². The Bertz CT molecular complexity index is 1220. The molecule has 7 nitrogen and oxygen atoms in total. The fraction of sp³-hybridized carbons (Fsp3) is 0.286. The number of nitrogens with zero attached hydrogens (tertiary/aromatic N) is 2. The topological polar surface area (TPSA) is 72.9 Å². The number of carbonyl (C=O) groups is 1. The molecule has 2 heterocycles. The van der Waals surface area contributed by atoms with E-state index in [1.165, 1.54) is 17.3 Å². The Morgan fingerprint density at radius 3 is 2.47 bits per heavy atom. The van der Waals surface area contributed by atoms with E-state index >= 15 is 0 Å². The molecule has 0 radical (unpaired) electrons. The summed E-state index contributed by atoms with van der Waals surface area (Å²) >= 11 is 1.50. The van der Waals surface area contributed by atoms with Gasteiger partial charge in [-0.25, -0.2) is 4.98 Å². The summed E-state index contributed by atoms with van der Waals surface area (Å²) < 4.78 is 16.0. The summed E-state index contributed by atoms with van der Waals surface area (Å²) in [5, 5.41) is 3.90. The van der Waals surface area contributed by atoms with E-state index in [0.717, 1.165) is 53.9 Å². The Balaban J connectivity index is 1.47. The molecule has 2 aromatic carbocycles. The standard InChI is InChI=1S/C28H31N3O4S/c1-19-13-21(18-31-9-11-35-12-10-31)17-29-28(19)36-20(2)25-7-5-6-8-26(25)30-27(32)22-14-23(33-3)16-24(15-22)34-4/h5-8,13-17H,2,9-12,18H2,1,3-4H3,(H,30,32). The third-order valence-corrected chi connectivity index (χ3v) is 6.99. The summed E-state index contributed by atoms with van der Waals surface area (Å²) in [5.41, 5.74) is 4.22. The minimum atomic E-state index is -0.265. The normalized spacial score (nSPS) is 13.8. The van der Waals surface area contributed by atoms with Crippen molar-refractivity contribution in [2.75, 3.05) is 45.8 Å². The van der Waals surface area contributed by atoms with Gasteiger partial charge in [-0.2, -0.15) is 0 Å². The zero-order valence-corrected chi connectivity index (χ0v) is 21.7. The first-order chi connectivity index (χ1) is 17.5. The van der Waals surface area contributed by atoms with Crippen molar-refractivity contribution >= 4 is 28.3 Å². The average Bonchev–Trinajstić information content (AvgIpc) is 2.90. The molecule has 1 aromatic heterocycles. The van der Waals surface area contributed by atoms with Crippen molar-refractivity contribution in [1.29, 1.82) is 0 Å². The van der Waals surface area contributed by atoms with Crippen LogP contribution in [-0.4, -0.2) is 56.3 Å². The second-order valence-electron chi connectivity index (χ2n) is 8.48. The number of anilines is 1. The Morgan fingerprint density at radius 1 is 1.11 bits per heavy atom. The van der Waals surface area contributed by atoms with E-state index in [-0.39, 0.29) is 5.91 Å². The molecule has 3 aromatic rings. The van der Waals surface area contributed by atoms with Crippen LogP contribution in [0.2, 0.25) is 0 Å². The highest BCUT2D eigenvalue weighted by Gasteiger charge is 2.16. The van der Waals surface area contributed by atoms with Crippen LogP contribution in [0, 0.1) is 6.92 Å². The molecule has 1 amide bonds. The van der Waals surface area contributed by atoms with Gasteiger partial charge >= 0.3 is 0 Å². The van der Waals surface area contributed by atoms with Crippen molar-refractivity contribution in [2.24, 2.45) is 0 Å². The number of pyridine rings is 1. The predicted octanol–water partition coefficient (Wildman–Crippen LogP) is 5.25. The average molecular weight is 506 g/mol. The number of methoxy groups -OCH3 is 2. The van der Waals surface area contributed by atoms with Gasteiger partial charge in [-0.15, -0.1) is 0 Å². The maximum Gasteiger partial charge on any atom is 0.255 e. The number of ether oxygens (including phenoxy) is 3. The van der Waals surface area contributed by atoms with E-state index < -0.39 is 0 Å². The number of nitrogens with one attached hydrogen (secondary N) is 1. The lowest BCUT2D eigenvalue weighted by Gasteiger charge is -2.26. The second-order valence-corrected chi connectivity index (χ2v) is 9.56. The first-order valence-corrected chi connectivity index (χ1v) is 12.5. The summed E-state index contributed by atoms with van der Waals surface area (Å²) in [6.45, 7) is 10.7. The van der Waals surface area contributed by atoms with Gasteiger partial charge in [0.25, 0.3) is 5.91 Å². The summed E-state index contributed by atoms with van der Waals surface area (Å²) in [6.07, 6.45) is 1.93. The van der Waals surface area contributed by atoms with Crippen LogP contribution in [0.15, 0.2) is 66.3 Å². The SMILES string of the molecule is C=C(Sc1ncc(CN2CCOCC2)cc1C)c1ccccc1NC(=O)c1cc(OC)cc(OC)c1. The van der Waals surface area contributed by atoms with E-state index in [0.29, 0.717) is 22.7 Å². The summed E-state index contributed by atoms with van der Waals surface area (Å²) in [7, 11) is 3.11. The van der Waals surface area contributed by atoms with E-state index in [9.17, 15) is 4.79 Å². The Labute approximate surface area is 216 Å². The number of rotatable bonds is 9. The molecule has 0 saturated carbocycles. The zero-order chi connectivity index (χ0) is 25.5. The van der Waals surface area contributed by atoms with Gasteiger partial charge in [0.05, 0.1) is 27.4 Å². The van der Waals surface area contributed by atoms with Gasteiger partial charge in [-0.1, -0.05) is 42.6 Å². The lowest BCUT2D eigenvalue weighted by molar-refractivity contribution is 0.0341. The summed E-state index contributed by atoms with van der Waals surface area (Å²) in [4.78, 5) is 20.9. The Morgan fingerprint density at radius 2 is 1.81 bits per heavy atom. The summed E-state index contributed by atoms with van der Waals surface area (Å²) in [6, 6.07) is 14.9. The summed E-state index contributed by atoms with van der Waals surface area (Å²) in [5.74, 6) is 0.831. The fourth-order valence-electron chi connectivity index (χ4n) is 3.97. The number of benzene rings is 2. The lowest BCUT2D eigenvalue weighted by Crippen LogP contribution is -2.35. The van der Waals surface area contributed by atoms with Crippen molar-refractivity contribution in [3.63, 3.8) is 0 Å². The highest BCUT2D eigenvalue weighted by atomic mass is 32.2. The Hall–Kier alpha value is -3.33. The fourth-order valence-corrected chi connectivity index (χ4v) is 4.82. The number of hydrogen-bond donors (Lipinski definition) is 1. The minimum absolute atomic E-state index is 0.265. The molecule has 188 valence electrons. The first-order valence-electron chi connectivity index (χ1n) is 11.7. The monoisotopic (exact) mass is 505 g/mol. The molecule has 0 atom stereocenters. The number of amides is 1. The molecule has 1 fully saturated rings. The number of aromatic nitrogens is 1. The van der Waals surface area contributed by atoms with E-state index in [4.69, 9.17) is 19.2 Å². The van der Waals surface area contributed by atoms with E-state index in [1.807, 2.05) is 30.5 Å². The van der Waals surface area contributed by atoms with Crippen LogP contribution >= 0.6 is 11.8 Å². The molecule has 8 heteroatoms. The van der Waals surface area contributed by atoms with Crippen molar-refractivity contribution < 1.29 is 19.0 Å². The van der Waals surface area contributed by atoms with Gasteiger partial charge in [-0.3, -0.25) is 9.69 Å². The van der Waals surface area contributed by atoms with Crippen LogP contribution in [0.5, 0.6) is 11.5 Å². The molecule has 1 aliphatic rings. The highest BCUT2D eigenvalue weighted by molar-refractivity contribution is 8.08.